The van der Waals surface area contributed by atoms with Crippen molar-refractivity contribution in [2.75, 3.05) is 39.6 Å². The molecule has 5 rings (SSSR count). The van der Waals surface area contributed by atoms with Crippen molar-refractivity contribution in [3.8, 4) is 0 Å². The van der Waals surface area contributed by atoms with Crippen molar-refractivity contribution in [3.63, 3.8) is 0 Å². The second-order valence-electron chi connectivity index (χ2n) is 24.9. The van der Waals surface area contributed by atoms with Crippen molar-refractivity contribution >= 4 is 53.7 Å². The Balaban J connectivity index is 0.000000454. The number of hydrogen-bond donors (Lipinski definition) is 0. The number of hydrogen-bond acceptors (Lipinski definition) is 18. The molecule has 30 heteroatoms. The summed E-state index contributed by atoms with van der Waals surface area (Å²) < 4.78 is 208. The van der Waals surface area contributed by atoms with E-state index < -0.39 is 182 Å². The van der Waals surface area contributed by atoms with Gasteiger partial charge in [0.15, 0.2) is 0 Å². The molecule has 0 aromatic rings. The third-order valence-electron chi connectivity index (χ3n) is 15.5. The highest BCUT2D eigenvalue weighted by molar-refractivity contribution is 5.84. The number of ether oxygens (including phenoxy) is 9. The first-order valence-electron chi connectivity index (χ1n) is 29.1. The molecule has 5 saturated carbocycles. The van der Waals surface area contributed by atoms with Gasteiger partial charge >= 0.3 is 89.3 Å². The lowest BCUT2D eigenvalue weighted by molar-refractivity contribution is -0.220. The summed E-state index contributed by atoms with van der Waals surface area (Å²) in [5.74, 6) is -41.4. The smallest absolute Gasteiger partial charge is 0.377 e. The van der Waals surface area contributed by atoms with Crippen molar-refractivity contribution in [2.45, 2.75) is 239 Å². The Kier molecular flexibility index (Phi) is 28.5. The predicted octanol–water partition coefficient (Wildman–Crippen LogP) is 11.8. The number of halogens is 12. The molecule has 5 aliphatic rings. The van der Waals surface area contributed by atoms with Crippen molar-refractivity contribution in [3.05, 3.63) is 0 Å². The van der Waals surface area contributed by atoms with Gasteiger partial charge in [-0.15, -0.1) is 0 Å². The summed E-state index contributed by atoms with van der Waals surface area (Å²) in [4.78, 5) is 104. The summed E-state index contributed by atoms with van der Waals surface area (Å²) >= 11 is 0. The van der Waals surface area contributed by atoms with Crippen LogP contribution in [0.2, 0.25) is 0 Å². The maximum absolute atomic E-state index is 14.4. The first-order valence-corrected chi connectivity index (χ1v) is 29.1. The second-order valence-corrected chi connectivity index (χ2v) is 24.9. The van der Waals surface area contributed by atoms with E-state index in [-0.39, 0.29) is 0 Å². The van der Waals surface area contributed by atoms with E-state index in [4.69, 9.17) is 18.9 Å². The van der Waals surface area contributed by atoms with Crippen LogP contribution < -0.4 is 0 Å². The fourth-order valence-corrected chi connectivity index (χ4v) is 9.56. The SMILES string of the molecule is CCC(C)(C)C(=O)OCCOC(=O)C(F)(F)CC(F)(F)C(=O)OC(C)C.CCC(C)(C)C(=O)OCCOC(=O)C(F)(F)CC(F)(F)C(=O)OC12CC3CC(CC(C3)C1)C2.CCC(C)(C)C(=O)OCCOC(=O)C(F)(F)CC(F)(F)C(=O)OC1CCCCC1. The van der Waals surface area contributed by atoms with Crippen LogP contribution in [0.25, 0.3) is 0 Å². The Morgan fingerprint density at radius 3 is 0.932 bits per heavy atom. The summed E-state index contributed by atoms with van der Waals surface area (Å²) in [5.41, 5.74) is -3.41. The minimum absolute atomic E-state index is 0.311. The van der Waals surface area contributed by atoms with Gasteiger partial charge in [0.25, 0.3) is 0 Å². The van der Waals surface area contributed by atoms with Crippen molar-refractivity contribution in [1.29, 1.82) is 0 Å². The zero-order valence-corrected chi connectivity index (χ0v) is 51.5. The van der Waals surface area contributed by atoms with Gasteiger partial charge in [0.2, 0.25) is 0 Å². The lowest BCUT2D eigenvalue weighted by atomic mass is 9.54. The van der Waals surface area contributed by atoms with Crippen LogP contribution in [0, 0.1) is 34.0 Å². The van der Waals surface area contributed by atoms with Crippen LogP contribution in [-0.4, -0.2) is 147 Å². The van der Waals surface area contributed by atoms with Crippen LogP contribution >= 0.6 is 0 Å². The van der Waals surface area contributed by atoms with Gasteiger partial charge in [0.1, 0.15) is 51.3 Å². The minimum atomic E-state index is -4.62. The average molecular weight is 1300 g/mol. The molecule has 0 atom stereocenters. The van der Waals surface area contributed by atoms with Gasteiger partial charge < -0.3 is 42.6 Å². The molecule has 18 nitrogen and oxygen atoms in total. The zero-order valence-electron chi connectivity index (χ0n) is 51.5. The maximum atomic E-state index is 14.4. The molecule has 0 spiro atoms. The Hall–Kier alpha value is -5.61. The molecule has 508 valence electrons. The predicted molar refractivity (Wildman–Crippen MR) is 283 cm³/mol. The number of carbonyl (C=O) groups is 9. The van der Waals surface area contributed by atoms with E-state index in [0.717, 1.165) is 25.7 Å². The third-order valence-corrected chi connectivity index (χ3v) is 15.5. The van der Waals surface area contributed by atoms with E-state index in [0.29, 0.717) is 82.0 Å². The Morgan fingerprint density at radius 2 is 0.648 bits per heavy atom. The second kappa shape index (κ2) is 31.9. The Morgan fingerprint density at radius 1 is 0.386 bits per heavy atom. The Labute approximate surface area is 503 Å². The highest BCUT2D eigenvalue weighted by atomic mass is 19.3. The number of alkyl halides is 12. The molecule has 0 N–H and O–H groups in total. The lowest BCUT2D eigenvalue weighted by Gasteiger charge is -2.55. The van der Waals surface area contributed by atoms with Crippen LogP contribution in [0.1, 0.15) is 185 Å². The van der Waals surface area contributed by atoms with Crippen LogP contribution in [0.15, 0.2) is 0 Å². The summed E-state index contributed by atoms with van der Waals surface area (Å²) in [6.45, 7) is 13.8. The average Bonchev–Trinajstić information content (AvgIpc) is 2.25. The molecule has 5 fully saturated rings. The van der Waals surface area contributed by atoms with Crippen LogP contribution in [-0.2, 0) is 85.8 Å². The van der Waals surface area contributed by atoms with Crippen molar-refractivity contribution in [2.24, 2.45) is 34.0 Å². The molecule has 0 aromatic carbocycles. The normalized spacial score (nSPS) is 20.0. The molecule has 0 saturated heterocycles. The van der Waals surface area contributed by atoms with Gasteiger partial charge in [-0.05, 0) is 157 Å². The van der Waals surface area contributed by atoms with E-state index in [1.807, 2.05) is 0 Å². The van der Waals surface area contributed by atoms with E-state index in [1.54, 1.807) is 62.3 Å². The fourth-order valence-electron chi connectivity index (χ4n) is 9.56. The molecule has 0 amide bonds. The standard InChI is InChI=1S/C23H32F4O6.C19H28F4O6.C16H24F4O6/c1-4-20(2,3)17(28)31-5-6-32-18(29)22(24,25)13-23(26,27)19(30)33-21-10-14-7-15(11-21)9-16(8-14)12-21;1-4-17(2,3)14(24)27-10-11-28-15(25)18(20,21)12-19(22,23)16(26)29-13-8-6-5-7-9-13;1-6-14(4,5)11(21)24-7-8-25-12(22)15(17,18)9-16(19,20)13(23)26-10(2)3/h14-16H,4-13H2,1-3H3;13H,4-12H2,1-3H3;10H,6-9H2,1-5H3. The van der Waals surface area contributed by atoms with E-state index in [2.05, 4.69) is 23.7 Å². The molecule has 88 heavy (non-hydrogen) atoms. The van der Waals surface area contributed by atoms with Gasteiger partial charge in [-0.3, -0.25) is 14.4 Å². The van der Waals surface area contributed by atoms with Crippen molar-refractivity contribution < 1.29 is 138 Å². The topological polar surface area (TPSA) is 237 Å². The van der Waals surface area contributed by atoms with Gasteiger partial charge in [-0.2, -0.15) is 52.7 Å². The largest absolute Gasteiger partial charge is 0.462 e. The highest BCUT2D eigenvalue weighted by Crippen LogP contribution is 2.57. The molecule has 0 unspecified atom stereocenters. The summed E-state index contributed by atoms with van der Waals surface area (Å²) in [5, 5.41) is 0. The molecule has 0 aromatic heterocycles. The highest BCUT2D eigenvalue weighted by Gasteiger charge is 2.60. The number of carbonyl (C=O) groups excluding carboxylic acids is 9. The molecule has 0 aliphatic heterocycles. The summed E-state index contributed by atoms with van der Waals surface area (Å²) in [6, 6.07) is 0. The molecular formula is C58H84F12O18. The Bertz CT molecular complexity index is 2350. The number of rotatable bonds is 30. The molecule has 4 bridgehead atoms. The van der Waals surface area contributed by atoms with Crippen LogP contribution in [0.5, 0.6) is 0 Å². The minimum Gasteiger partial charge on any atom is -0.462 e. The molecule has 5 aliphatic carbocycles. The lowest BCUT2D eigenvalue weighted by Crippen LogP contribution is -2.55. The molecule has 0 radical (unpaired) electrons. The van der Waals surface area contributed by atoms with Crippen LogP contribution in [0.4, 0.5) is 52.7 Å². The maximum Gasteiger partial charge on any atom is 0.377 e. The summed E-state index contributed by atoms with van der Waals surface area (Å²) in [6.07, 6.45) is 0.144. The fraction of sp³-hybridized carbons (Fsp3) is 0.845. The third kappa shape index (κ3) is 24.3. The molecular weight excluding hydrogens is 1210 g/mol. The first-order chi connectivity index (χ1) is 40.1. The van der Waals surface area contributed by atoms with Gasteiger partial charge in [-0.25, -0.2) is 28.8 Å². The van der Waals surface area contributed by atoms with Gasteiger partial charge in [-0.1, -0.05) is 27.2 Å². The number of esters is 9. The quantitative estimate of drug-likeness (QED) is 0.0281. The molecule has 0 heterocycles. The zero-order chi connectivity index (χ0) is 67.7. The van der Waals surface area contributed by atoms with E-state index >= 15 is 0 Å². The van der Waals surface area contributed by atoms with E-state index in [9.17, 15) is 95.8 Å². The van der Waals surface area contributed by atoms with Gasteiger partial charge in [0, 0.05) is 0 Å². The summed E-state index contributed by atoms with van der Waals surface area (Å²) in [7, 11) is 0. The monoisotopic (exact) mass is 1300 g/mol. The van der Waals surface area contributed by atoms with Gasteiger partial charge in [0.05, 0.1) is 41.6 Å². The first kappa shape index (κ1) is 78.5. The van der Waals surface area contributed by atoms with Crippen LogP contribution in [0.3, 0.4) is 0 Å². The van der Waals surface area contributed by atoms with Crippen molar-refractivity contribution in [1.82, 2.24) is 0 Å². The van der Waals surface area contributed by atoms with E-state index in [1.165, 1.54) is 13.8 Å².